The van der Waals surface area contributed by atoms with Crippen molar-refractivity contribution in [1.29, 1.82) is 0 Å². The van der Waals surface area contributed by atoms with E-state index in [1.807, 2.05) is 0 Å². The van der Waals surface area contributed by atoms with Crippen LogP contribution in [0.4, 0.5) is 0 Å². The molecule has 0 spiro atoms. The summed E-state index contributed by atoms with van der Waals surface area (Å²) in [6.45, 7) is 4.59. The maximum atomic E-state index is 4.74. The maximum Gasteiger partial charge on any atom is 0.0702 e. The number of unbranched alkanes of at least 4 members (excludes halogenated alkanes) is 5. The SMILES string of the molecule is CCCCCCCc1ccc(-c2ccc(CCC3CCC(CCCC)CC3)cc2)nc1. The molecule has 1 aliphatic rings. The van der Waals surface area contributed by atoms with Gasteiger partial charge in [-0.05, 0) is 54.7 Å². The average Bonchev–Trinajstić information content (AvgIpc) is 2.83. The summed E-state index contributed by atoms with van der Waals surface area (Å²) in [5.74, 6) is 1.98. The van der Waals surface area contributed by atoms with Crippen molar-refractivity contribution in [3.63, 3.8) is 0 Å². The van der Waals surface area contributed by atoms with Crippen LogP contribution in [0.25, 0.3) is 11.3 Å². The molecule has 0 amide bonds. The number of nitrogens with zero attached hydrogens (tertiary/aromatic N) is 1. The topological polar surface area (TPSA) is 12.9 Å². The molecule has 0 radical (unpaired) electrons. The first kappa shape index (κ1) is 24.0. The van der Waals surface area contributed by atoms with Crippen LogP contribution in [0.5, 0.6) is 0 Å². The summed E-state index contributed by atoms with van der Waals surface area (Å²) in [6, 6.07) is 13.7. The summed E-state index contributed by atoms with van der Waals surface area (Å²) in [5, 5.41) is 0. The van der Waals surface area contributed by atoms with Crippen molar-refractivity contribution >= 4 is 0 Å². The number of pyridine rings is 1. The first-order chi connectivity index (χ1) is 15.3. The predicted molar refractivity (Wildman–Crippen MR) is 135 cm³/mol. The Bertz CT molecular complexity index is 707. The fraction of sp³-hybridized carbons (Fsp3) is 0.633. The summed E-state index contributed by atoms with van der Waals surface area (Å²) in [6.07, 6.45) is 22.7. The third-order valence-corrected chi connectivity index (χ3v) is 7.42. The molecule has 1 aromatic heterocycles. The molecule has 1 fully saturated rings. The zero-order valence-corrected chi connectivity index (χ0v) is 20.2. The highest BCUT2D eigenvalue weighted by molar-refractivity contribution is 5.59. The van der Waals surface area contributed by atoms with E-state index < -0.39 is 0 Å². The normalized spacial score (nSPS) is 18.9. The van der Waals surface area contributed by atoms with Crippen LogP contribution in [0.2, 0.25) is 0 Å². The first-order valence-corrected chi connectivity index (χ1v) is 13.3. The number of hydrogen-bond donors (Lipinski definition) is 0. The van der Waals surface area contributed by atoms with Gasteiger partial charge >= 0.3 is 0 Å². The Kier molecular flexibility index (Phi) is 10.6. The van der Waals surface area contributed by atoms with Crippen LogP contribution >= 0.6 is 0 Å². The molecule has 1 aliphatic carbocycles. The quantitative estimate of drug-likeness (QED) is 0.295. The molecule has 170 valence electrons. The van der Waals surface area contributed by atoms with E-state index in [2.05, 4.69) is 56.4 Å². The van der Waals surface area contributed by atoms with Crippen LogP contribution in [0.15, 0.2) is 42.6 Å². The van der Waals surface area contributed by atoms with Crippen LogP contribution in [-0.4, -0.2) is 4.98 Å². The molecule has 1 heterocycles. The second kappa shape index (κ2) is 13.7. The van der Waals surface area contributed by atoms with Crippen molar-refractivity contribution in [2.75, 3.05) is 0 Å². The number of rotatable bonds is 13. The molecule has 0 unspecified atom stereocenters. The first-order valence-electron chi connectivity index (χ1n) is 13.3. The van der Waals surface area contributed by atoms with E-state index in [0.29, 0.717) is 0 Å². The van der Waals surface area contributed by atoms with Crippen LogP contribution in [0, 0.1) is 11.8 Å². The van der Waals surface area contributed by atoms with Gasteiger partial charge in [0, 0.05) is 11.8 Å². The summed E-state index contributed by atoms with van der Waals surface area (Å²) in [5.41, 5.74) is 5.21. The molecule has 0 aliphatic heterocycles. The maximum absolute atomic E-state index is 4.74. The minimum Gasteiger partial charge on any atom is -0.256 e. The number of aryl methyl sites for hydroxylation is 2. The molecule has 1 saturated carbocycles. The van der Waals surface area contributed by atoms with Gasteiger partial charge in [-0.2, -0.15) is 0 Å². The van der Waals surface area contributed by atoms with Gasteiger partial charge in [0.1, 0.15) is 0 Å². The van der Waals surface area contributed by atoms with Gasteiger partial charge in [0.05, 0.1) is 5.69 Å². The second-order valence-corrected chi connectivity index (χ2v) is 9.98. The summed E-state index contributed by atoms with van der Waals surface area (Å²) < 4.78 is 0. The largest absolute Gasteiger partial charge is 0.256 e. The van der Waals surface area contributed by atoms with Crippen LogP contribution in [0.3, 0.4) is 0 Å². The Hall–Kier alpha value is -1.63. The van der Waals surface area contributed by atoms with Crippen molar-refractivity contribution in [3.05, 3.63) is 53.7 Å². The van der Waals surface area contributed by atoms with Gasteiger partial charge < -0.3 is 0 Å². The number of hydrogen-bond acceptors (Lipinski definition) is 1. The molecule has 31 heavy (non-hydrogen) atoms. The van der Waals surface area contributed by atoms with E-state index >= 15 is 0 Å². The fourth-order valence-corrected chi connectivity index (χ4v) is 5.19. The number of aromatic nitrogens is 1. The summed E-state index contributed by atoms with van der Waals surface area (Å²) in [4.78, 5) is 4.74. The molecule has 0 atom stereocenters. The van der Waals surface area contributed by atoms with Crippen molar-refractivity contribution in [1.82, 2.24) is 4.98 Å². The van der Waals surface area contributed by atoms with E-state index in [-0.39, 0.29) is 0 Å². The van der Waals surface area contributed by atoms with Gasteiger partial charge in [-0.1, -0.05) is 115 Å². The lowest BCUT2D eigenvalue weighted by molar-refractivity contribution is 0.250. The van der Waals surface area contributed by atoms with Crippen molar-refractivity contribution in [2.45, 2.75) is 110 Å². The fourth-order valence-electron chi connectivity index (χ4n) is 5.19. The smallest absolute Gasteiger partial charge is 0.0702 e. The minimum atomic E-state index is 0.953. The Balaban J connectivity index is 1.40. The predicted octanol–water partition coefficient (Wildman–Crippen LogP) is 9.19. The van der Waals surface area contributed by atoms with Gasteiger partial charge in [-0.15, -0.1) is 0 Å². The molecule has 0 N–H and O–H groups in total. The van der Waals surface area contributed by atoms with E-state index in [4.69, 9.17) is 4.98 Å². The van der Waals surface area contributed by atoms with Gasteiger partial charge in [0.15, 0.2) is 0 Å². The lowest BCUT2D eigenvalue weighted by atomic mass is 9.78. The Morgan fingerprint density at radius 1 is 0.645 bits per heavy atom. The molecule has 0 saturated heterocycles. The molecule has 2 aromatic rings. The second-order valence-electron chi connectivity index (χ2n) is 9.98. The van der Waals surface area contributed by atoms with Gasteiger partial charge in [0.25, 0.3) is 0 Å². The van der Waals surface area contributed by atoms with E-state index in [1.165, 1.54) is 107 Å². The van der Waals surface area contributed by atoms with E-state index in [1.54, 1.807) is 0 Å². The van der Waals surface area contributed by atoms with Gasteiger partial charge in [0.2, 0.25) is 0 Å². The highest BCUT2D eigenvalue weighted by Crippen LogP contribution is 2.34. The number of benzene rings is 1. The highest BCUT2D eigenvalue weighted by atomic mass is 14.7. The highest BCUT2D eigenvalue weighted by Gasteiger charge is 2.20. The van der Waals surface area contributed by atoms with Gasteiger partial charge in [-0.3, -0.25) is 4.98 Å². The van der Waals surface area contributed by atoms with E-state index in [9.17, 15) is 0 Å². The molecular formula is C30H45N. The summed E-state index contributed by atoms with van der Waals surface area (Å²) in [7, 11) is 0. The minimum absolute atomic E-state index is 0.953. The monoisotopic (exact) mass is 419 g/mol. The molecule has 0 bridgehead atoms. The van der Waals surface area contributed by atoms with Crippen molar-refractivity contribution in [3.8, 4) is 11.3 Å². The molecule has 1 nitrogen and oxygen atoms in total. The zero-order chi connectivity index (χ0) is 21.7. The Morgan fingerprint density at radius 2 is 1.29 bits per heavy atom. The average molecular weight is 420 g/mol. The molecular weight excluding hydrogens is 374 g/mol. The molecule has 1 heteroatoms. The third-order valence-electron chi connectivity index (χ3n) is 7.42. The van der Waals surface area contributed by atoms with Crippen LogP contribution in [-0.2, 0) is 12.8 Å². The Morgan fingerprint density at radius 3 is 1.94 bits per heavy atom. The summed E-state index contributed by atoms with van der Waals surface area (Å²) >= 11 is 0. The van der Waals surface area contributed by atoms with Crippen molar-refractivity contribution in [2.24, 2.45) is 11.8 Å². The standard InChI is InChI=1S/C30H45N/c1-3-5-7-8-9-11-28-20-23-30(31-24-28)29-21-18-27(19-22-29)17-16-26-14-12-25(13-15-26)10-6-4-2/h18-26H,3-17H2,1-2H3. The Labute approximate surface area is 192 Å². The molecule has 3 rings (SSSR count). The lowest BCUT2D eigenvalue weighted by Gasteiger charge is -2.28. The third kappa shape index (κ3) is 8.43. The molecule has 1 aromatic carbocycles. The van der Waals surface area contributed by atoms with Crippen LogP contribution < -0.4 is 0 Å². The van der Waals surface area contributed by atoms with Crippen molar-refractivity contribution < 1.29 is 0 Å². The van der Waals surface area contributed by atoms with Gasteiger partial charge in [-0.25, -0.2) is 0 Å². The van der Waals surface area contributed by atoms with Crippen LogP contribution in [0.1, 0.15) is 108 Å². The zero-order valence-electron chi connectivity index (χ0n) is 20.2. The lowest BCUT2D eigenvalue weighted by Crippen LogP contribution is -2.15. The van der Waals surface area contributed by atoms with E-state index in [0.717, 1.165) is 24.0 Å².